The van der Waals surface area contributed by atoms with Crippen LogP contribution in [-0.4, -0.2) is 49.7 Å². The summed E-state index contributed by atoms with van der Waals surface area (Å²) < 4.78 is 7.64. The van der Waals surface area contributed by atoms with Crippen LogP contribution in [0, 0.1) is 6.92 Å². The molecule has 8 nitrogen and oxygen atoms in total. The van der Waals surface area contributed by atoms with Crippen molar-refractivity contribution >= 4 is 16.9 Å². The average Bonchev–Trinajstić information content (AvgIpc) is 3.17. The first-order valence-corrected chi connectivity index (χ1v) is 9.31. The summed E-state index contributed by atoms with van der Waals surface area (Å²) in [6, 6.07) is 7.01. The predicted molar refractivity (Wildman–Crippen MR) is 103 cm³/mol. The van der Waals surface area contributed by atoms with Crippen LogP contribution in [-0.2, 0) is 6.54 Å². The van der Waals surface area contributed by atoms with Gasteiger partial charge in [0.25, 0.3) is 5.91 Å². The number of carbonyl (C=O) groups is 1. The summed E-state index contributed by atoms with van der Waals surface area (Å²) in [5.41, 5.74) is 1.32. The molecule has 0 saturated carbocycles. The number of hydrogen-bond acceptors (Lipinski definition) is 6. The van der Waals surface area contributed by atoms with Crippen molar-refractivity contribution in [3.8, 4) is 5.88 Å². The Morgan fingerprint density at radius 1 is 1.32 bits per heavy atom. The molecule has 0 radical (unpaired) electrons. The number of carbonyl (C=O) groups excluding carboxylic acids is 1. The summed E-state index contributed by atoms with van der Waals surface area (Å²) in [6.45, 7) is 5.39. The molecule has 1 fully saturated rings. The number of fused-ring (bicyclic) bond motifs is 1. The molecule has 4 heterocycles. The summed E-state index contributed by atoms with van der Waals surface area (Å²) >= 11 is 0. The maximum Gasteiger partial charge on any atom is 0.259 e. The van der Waals surface area contributed by atoms with Gasteiger partial charge in [-0.1, -0.05) is 0 Å². The molecule has 1 atom stereocenters. The van der Waals surface area contributed by atoms with E-state index in [0.717, 1.165) is 5.69 Å². The van der Waals surface area contributed by atoms with Gasteiger partial charge in [-0.05, 0) is 32.0 Å². The fourth-order valence-electron chi connectivity index (χ4n) is 3.45. The largest absolute Gasteiger partial charge is 0.471 e. The highest BCUT2D eigenvalue weighted by Gasteiger charge is 2.30. The maximum atomic E-state index is 13.1. The zero-order valence-electron chi connectivity index (χ0n) is 15.8. The molecule has 0 bridgehead atoms. The Labute approximate surface area is 161 Å². The average molecular weight is 379 g/mol. The van der Waals surface area contributed by atoms with Crippen molar-refractivity contribution in [1.82, 2.24) is 24.6 Å². The van der Waals surface area contributed by atoms with E-state index in [-0.39, 0.29) is 23.0 Å². The van der Waals surface area contributed by atoms with Crippen LogP contribution in [0.3, 0.4) is 0 Å². The third kappa shape index (κ3) is 3.33. The first-order valence-electron chi connectivity index (χ1n) is 9.31. The lowest BCUT2D eigenvalue weighted by molar-refractivity contribution is 0.0769. The molecular formula is C20H21N5O3. The number of hydrogen-bond donors (Lipinski definition) is 0. The monoisotopic (exact) mass is 379 g/mol. The number of aromatic nitrogens is 4. The molecule has 3 aromatic rings. The Bertz CT molecular complexity index is 1080. The Hall–Kier alpha value is -3.29. The van der Waals surface area contributed by atoms with E-state index < -0.39 is 0 Å². The van der Waals surface area contributed by atoms with E-state index in [9.17, 15) is 9.59 Å². The van der Waals surface area contributed by atoms with Crippen LogP contribution in [0.5, 0.6) is 5.88 Å². The van der Waals surface area contributed by atoms with Crippen molar-refractivity contribution in [3.05, 3.63) is 58.1 Å². The van der Waals surface area contributed by atoms with Gasteiger partial charge < -0.3 is 14.2 Å². The molecule has 3 aromatic heterocycles. The van der Waals surface area contributed by atoms with Crippen LogP contribution in [0.2, 0.25) is 0 Å². The van der Waals surface area contributed by atoms with Crippen molar-refractivity contribution < 1.29 is 9.53 Å². The number of rotatable bonds is 4. The molecule has 0 aliphatic carbocycles. The van der Waals surface area contributed by atoms with Crippen molar-refractivity contribution in [2.75, 3.05) is 13.1 Å². The summed E-state index contributed by atoms with van der Waals surface area (Å²) in [5.74, 6) is 0.155. The third-order valence-electron chi connectivity index (χ3n) is 4.90. The molecule has 144 valence electrons. The molecule has 1 aliphatic heterocycles. The van der Waals surface area contributed by atoms with Gasteiger partial charge in [-0.2, -0.15) is 5.10 Å². The zero-order valence-corrected chi connectivity index (χ0v) is 15.8. The van der Waals surface area contributed by atoms with Crippen molar-refractivity contribution in [1.29, 1.82) is 0 Å². The third-order valence-corrected chi connectivity index (χ3v) is 4.90. The highest BCUT2D eigenvalue weighted by molar-refractivity contribution is 5.97. The lowest BCUT2D eigenvalue weighted by Gasteiger charge is -2.18. The molecule has 0 N–H and O–H groups in total. The Kier molecular flexibility index (Phi) is 4.77. The second kappa shape index (κ2) is 7.38. The fraction of sp³-hybridized carbons (Fsp3) is 0.350. The van der Waals surface area contributed by atoms with Gasteiger partial charge in [0.1, 0.15) is 17.3 Å². The zero-order chi connectivity index (χ0) is 19.7. The molecule has 1 saturated heterocycles. The Morgan fingerprint density at radius 3 is 2.93 bits per heavy atom. The first kappa shape index (κ1) is 18.1. The van der Waals surface area contributed by atoms with Crippen molar-refractivity contribution in [2.45, 2.75) is 32.9 Å². The quantitative estimate of drug-likeness (QED) is 0.687. The number of aryl methyl sites for hydroxylation is 2. The van der Waals surface area contributed by atoms with Gasteiger partial charge in [-0.3, -0.25) is 9.59 Å². The minimum absolute atomic E-state index is 0.167. The Balaban J connectivity index is 1.60. The SMILES string of the molecule is CCn1cc(C(=O)N2CC[C@@H](Oc3cccnn3)C2)c(=O)c2ccc(C)nc21. The van der Waals surface area contributed by atoms with Gasteiger partial charge in [0.2, 0.25) is 11.3 Å². The van der Waals surface area contributed by atoms with Gasteiger partial charge in [-0.15, -0.1) is 5.10 Å². The van der Waals surface area contributed by atoms with E-state index in [1.165, 1.54) is 0 Å². The molecule has 8 heteroatoms. The standard InChI is InChI=1S/C20H21N5O3/c1-3-24-12-16(18(26)15-7-6-13(2)22-19(15)24)20(27)25-10-8-14(11-25)28-17-5-4-9-21-23-17/h4-7,9,12,14H,3,8,10-11H2,1-2H3/t14-/m1/s1. The smallest absolute Gasteiger partial charge is 0.259 e. The maximum absolute atomic E-state index is 13.1. The molecule has 0 unspecified atom stereocenters. The normalized spacial score (nSPS) is 16.5. The number of amides is 1. The number of ether oxygens (including phenoxy) is 1. The summed E-state index contributed by atoms with van der Waals surface area (Å²) in [7, 11) is 0. The van der Waals surface area contributed by atoms with Crippen LogP contribution in [0.1, 0.15) is 29.4 Å². The second-order valence-electron chi connectivity index (χ2n) is 6.82. The van der Waals surface area contributed by atoms with E-state index in [2.05, 4.69) is 15.2 Å². The van der Waals surface area contributed by atoms with E-state index in [4.69, 9.17) is 4.74 Å². The van der Waals surface area contributed by atoms with E-state index >= 15 is 0 Å². The van der Waals surface area contributed by atoms with Crippen LogP contribution < -0.4 is 10.2 Å². The van der Waals surface area contributed by atoms with Crippen molar-refractivity contribution in [3.63, 3.8) is 0 Å². The minimum Gasteiger partial charge on any atom is -0.471 e. The van der Waals surface area contributed by atoms with E-state index in [0.29, 0.717) is 43.0 Å². The summed E-state index contributed by atoms with van der Waals surface area (Å²) in [5, 5.41) is 8.16. The number of likely N-dealkylation sites (tertiary alicyclic amines) is 1. The van der Waals surface area contributed by atoms with Gasteiger partial charge in [-0.25, -0.2) is 4.98 Å². The van der Waals surface area contributed by atoms with Gasteiger partial charge >= 0.3 is 0 Å². The Morgan fingerprint density at radius 2 is 2.18 bits per heavy atom. The minimum atomic E-state index is -0.282. The first-order chi connectivity index (χ1) is 13.6. The molecule has 1 amide bonds. The van der Waals surface area contributed by atoms with Crippen LogP contribution in [0.25, 0.3) is 11.0 Å². The van der Waals surface area contributed by atoms with Crippen molar-refractivity contribution in [2.24, 2.45) is 0 Å². The van der Waals surface area contributed by atoms with Crippen LogP contribution in [0.4, 0.5) is 0 Å². The van der Waals surface area contributed by atoms with Gasteiger partial charge in [0, 0.05) is 43.7 Å². The highest BCUT2D eigenvalue weighted by atomic mass is 16.5. The fourth-order valence-corrected chi connectivity index (χ4v) is 3.45. The second-order valence-corrected chi connectivity index (χ2v) is 6.82. The molecule has 28 heavy (non-hydrogen) atoms. The van der Waals surface area contributed by atoms with Gasteiger partial charge in [0.05, 0.1) is 11.9 Å². The van der Waals surface area contributed by atoms with Crippen LogP contribution >= 0.6 is 0 Å². The lowest BCUT2D eigenvalue weighted by atomic mass is 10.1. The summed E-state index contributed by atoms with van der Waals surface area (Å²) in [6.07, 6.45) is 3.71. The van der Waals surface area contributed by atoms with Crippen LogP contribution in [0.15, 0.2) is 41.5 Å². The molecule has 1 aliphatic rings. The number of nitrogens with zero attached hydrogens (tertiary/aromatic N) is 5. The van der Waals surface area contributed by atoms with Gasteiger partial charge in [0.15, 0.2) is 0 Å². The molecule has 0 spiro atoms. The van der Waals surface area contributed by atoms with E-state index in [1.807, 2.05) is 18.4 Å². The molecular weight excluding hydrogens is 358 g/mol. The van der Waals surface area contributed by atoms with E-state index in [1.54, 1.807) is 41.6 Å². The topological polar surface area (TPSA) is 90.2 Å². The molecule has 0 aromatic carbocycles. The predicted octanol–water partition coefficient (Wildman–Crippen LogP) is 1.81. The molecule has 4 rings (SSSR count). The summed E-state index contributed by atoms with van der Waals surface area (Å²) in [4.78, 5) is 32.1. The lowest BCUT2D eigenvalue weighted by Crippen LogP contribution is -2.34. The highest BCUT2D eigenvalue weighted by Crippen LogP contribution is 2.18. The number of pyridine rings is 2.